The van der Waals surface area contributed by atoms with Crippen LogP contribution in [0.5, 0.6) is 11.5 Å². The smallest absolute Gasteiger partial charge is 0.298 e. The van der Waals surface area contributed by atoms with Gasteiger partial charge in [0.1, 0.15) is 6.10 Å². The molecule has 2 aromatic carbocycles. The number of para-hydroxylation sites is 1. The van der Waals surface area contributed by atoms with Crippen molar-refractivity contribution in [2.24, 2.45) is 0 Å². The van der Waals surface area contributed by atoms with E-state index >= 15 is 0 Å². The lowest BCUT2D eigenvalue weighted by Gasteiger charge is -2.35. The molecule has 108 valence electrons. The summed E-state index contributed by atoms with van der Waals surface area (Å²) < 4.78 is 10.7. The van der Waals surface area contributed by atoms with Crippen LogP contribution in [0.25, 0.3) is 0 Å². The van der Waals surface area contributed by atoms with Crippen LogP contribution in [-0.2, 0) is 10.6 Å². The van der Waals surface area contributed by atoms with E-state index in [2.05, 4.69) is 0 Å². The van der Waals surface area contributed by atoms with Gasteiger partial charge in [-0.2, -0.15) is 0 Å². The average Bonchev–Trinajstić information content (AvgIpc) is 2.53. The average molecular weight is 286 g/mol. The number of aliphatic hydroxyl groups excluding tert-OH is 1. The van der Waals surface area contributed by atoms with Crippen molar-refractivity contribution >= 4 is 5.78 Å². The Morgan fingerprint density at radius 1 is 1.14 bits per heavy atom. The fourth-order valence-corrected chi connectivity index (χ4v) is 2.41. The van der Waals surface area contributed by atoms with Crippen molar-refractivity contribution in [3.05, 3.63) is 59.7 Å². The van der Waals surface area contributed by atoms with Crippen molar-refractivity contribution in [1.29, 1.82) is 0 Å². The summed E-state index contributed by atoms with van der Waals surface area (Å²) in [5.41, 5.74) is 0.533. The summed E-state index contributed by atoms with van der Waals surface area (Å²) in [6.45, 7) is 0. The maximum absolute atomic E-state index is 12.3. The molecule has 21 heavy (non-hydrogen) atoms. The van der Waals surface area contributed by atoms with Gasteiger partial charge in [0, 0.05) is 11.1 Å². The predicted octanol–water partition coefficient (Wildman–Crippen LogP) is 1.54. The summed E-state index contributed by atoms with van der Waals surface area (Å²) in [5, 5.41) is 20.9. The van der Waals surface area contributed by atoms with Crippen LogP contribution in [0.3, 0.4) is 0 Å². The molecule has 2 aromatic rings. The van der Waals surface area contributed by atoms with Gasteiger partial charge in [0.05, 0.1) is 7.11 Å². The summed E-state index contributed by atoms with van der Waals surface area (Å²) in [7, 11) is 1.45. The van der Waals surface area contributed by atoms with E-state index in [1.165, 1.54) is 7.11 Å². The van der Waals surface area contributed by atoms with Crippen LogP contribution in [0.4, 0.5) is 0 Å². The number of ether oxygens (including phenoxy) is 2. The summed E-state index contributed by atoms with van der Waals surface area (Å²) in [6, 6.07) is 13.1. The van der Waals surface area contributed by atoms with Gasteiger partial charge >= 0.3 is 0 Å². The Morgan fingerprint density at radius 2 is 1.86 bits per heavy atom. The van der Waals surface area contributed by atoms with E-state index in [-0.39, 0.29) is 16.9 Å². The second-order valence-electron chi connectivity index (χ2n) is 4.76. The van der Waals surface area contributed by atoms with Crippen molar-refractivity contribution < 1.29 is 24.5 Å². The Morgan fingerprint density at radius 3 is 2.52 bits per heavy atom. The first-order chi connectivity index (χ1) is 10.1. The fourth-order valence-electron chi connectivity index (χ4n) is 2.41. The molecular formula is C16H14O5. The zero-order valence-corrected chi connectivity index (χ0v) is 11.3. The predicted molar refractivity (Wildman–Crippen MR) is 73.9 cm³/mol. The summed E-state index contributed by atoms with van der Waals surface area (Å²) in [6.07, 6.45) is -1.48. The minimum atomic E-state index is -2.23. The SMILES string of the molecule is COc1cccc2c1OC(O)(c1ccccc1)C(=O)C2O. The standard InChI is InChI=1S/C16H14O5/c1-20-12-9-5-8-11-13(17)15(18)16(19,21-14(11)12)10-6-3-2-4-7-10/h2-9,13,17,19H,1H3. The third-order valence-electron chi connectivity index (χ3n) is 3.52. The lowest BCUT2D eigenvalue weighted by atomic mass is 9.90. The van der Waals surface area contributed by atoms with Crippen LogP contribution < -0.4 is 9.47 Å². The Hall–Kier alpha value is -2.37. The van der Waals surface area contributed by atoms with Crippen LogP contribution in [-0.4, -0.2) is 23.1 Å². The minimum Gasteiger partial charge on any atom is -0.493 e. The molecule has 5 heteroatoms. The molecule has 1 heterocycles. The molecule has 5 nitrogen and oxygen atoms in total. The van der Waals surface area contributed by atoms with Crippen molar-refractivity contribution in [3.8, 4) is 11.5 Å². The van der Waals surface area contributed by atoms with Gasteiger partial charge < -0.3 is 19.7 Å². The third kappa shape index (κ3) is 1.98. The van der Waals surface area contributed by atoms with Crippen molar-refractivity contribution in [1.82, 2.24) is 0 Å². The van der Waals surface area contributed by atoms with Crippen LogP contribution in [0.15, 0.2) is 48.5 Å². The highest BCUT2D eigenvalue weighted by Crippen LogP contribution is 2.45. The first-order valence-corrected chi connectivity index (χ1v) is 6.44. The van der Waals surface area contributed by atoms with Gasteiger partial charge in [-0.3, -0.25) is 4.79 Å². The highest BCUT2D eigenvalue weighted by molar-refractivity contribution is 5.94. The lowest BCUT2D eigenvalue weighted by molar-refractivity contribution is -0.191. The lowest BCUT2D eigenvalue weighted by Crippen LogP contribution is -2.47. The molecule has 0 aromatic heterocycles. The van der Waals surface area contributed by atoms with Crippen molar-refractivity contribution in [3.63, 3.8) is 0 Å². The van der Waals surface area contributed by atoms with Crippen molar-refractivity contribution in [2.75, 3.05) is 7.11 Å². The summed E-state index contributed by atoms with van der Waals surface area (Å²) in [4.78, 5) is 12.3. The first-order valence-electron chi connectivity index (χ1n) is 6.44. The van der Waals surface area contributed by atoms with Gasteiger partial charge in [-0.25, -0.2) is 0 Å². The second kappa shape index (κ2) is 4.87. The highest BCUT2D eigenvalue weighted by Gasteiger charge is 2.50. The van der Waals surface area contributed by atoms with E-state index in [1.807, 2.05) is 0 Å². The normalized spacial score (nSPS) is 24.1. The summed E-state index contributed by atoms with van der Waals surface area (Å²) >= 11 is 0. The molecule has 0 fully saturated rings. The van der Waals surface area contributed by atoms with Crippen LogP contribution in [0.2, 0.25) is 0 Å². The number of hydrogen-bond donors (Lipinski definition) is 2. The quantitative estimate of drug-likeness (QED) is 0.875. The molecule has 2 unspecified atom stereocenters. The van der Waals surface area contributed by atoms with E-state index in [9.17, 15) is 15.0 Å². The molecule has 0 spiro atoms. The topological polar surface area (TPSA) is 76.0 Å². The van der Waals surface area contributed by atoms with Gasteiger partial charge in [0.2, 0.25) is 5.78 Å². The molecule has 0 bridgehead atoms. The minimum absolute atomic E-state index is 0.165. The van der Waals surface area contributed by atoms with Gasteiger partial charge in [-0.15, -0.1) is 0 Å². The maximum atomic E-state index is 12.3. The number of hydrogen-bond acceptors (Lipinski definition) is 5. The molecule has 0 saturated carbocycles. The number of methoxy groups -OCH3 is 1. The molecule has 0 amide bonds. The van der Waals surface area contributed by atoms with E-state index in [0.717, 1.165) is 0 Å². The molecule has 2 N–H and O–H groups in total. The first kappa shape index (κ1) is 13.6. The number of carbonyl (C=O) groups is 1. The number of fused-ring (bicyclic) bond motifs is 1. The van der Waals surface area contributed by atoms with Gasteiger partial charge in [-0.1, -0.05) is 42.5 Å². The van der Waals surface area contributed by atoms with Crippen molar-refractivity contribution in [2.45, 2.75) is 11.9 Å². The third-order valence-corrected chi connectivity index (χ3v) is 3.52. The van der Waals surface area contributed by atoms with E-state index in [0.29, 0.717) is 5.75 Å². The zero-order valence-electron chi connectivity index (χ0n) is 11.3. The van der Waals surface area contributed by atoms with Gasteiger partial charge in [0.15, 0.2) is 11.5 Å². The number of ketones is 1. The maximum Gasteiger partial charge on any atom is 0.298 e. The molecular weight excluding hydrogens is 272 g/mol. The second-order valence-corrected chi connectivity index (χ2v) is 4.76. The fraction of sp³-hybridized carbons (Fsp3) is 0.188. The summed E-state index contributed by atoms with van der Waals surface area (Å²) in [5.74, 6) is -2.55. The molecule has 0 saturated heterocycles. The Kier molecular flexibility index (Phi) is 3.16. The number of benzene rings is 2. The molecule has 1 aliphatic rings. The number of carbonyl (C=O) groups excluding carboxylic acids is 1. The monoisotopic (exact) mass is 286 g/mol. The highest BCUT2D eigenvalue weighted by atomic mass is 16.6. The number of rotatable bonds is 2. The van der Waals surface area contributed by atoms with Crippen LogP contribution in [0.1, 0.15) is 17.2 Å². The Bertz CT molecular complexity index is 682. The van der Waals surface area contributed by atoms with Gasteiger partial charge in [0.25, 0.3) is 5.79 Å². The van der Waals surface area contributed by atoms with Gasteiger partial charge in [-0.05, 0) is 6.07 Å². The Labute approximate surface area is 121 Å². The Balaban J connectivity index is 2.17. The van der Waals surface area contributed by atoms with Crippen LogP contribution >= 0.6 is 0 Å². The van der Waals surface area contributed by atoms with E-state index < -0.39 is 17.7 Å². The molecule has 2 atom stereocenters. The number of Topliss-reactive ketones (excluding diaryl/α,β-unsaturated/α-hetero) is 1. The molecule has 3 rings (SSSR count). The number of aliphatic hydroxyl groups is 2. The molecule has 0 radical (unpaired) electrons. The van der Waals surface area contributed by atoms with E-state index in [4.69, 9.17) is 9.47 Å². The van der Waals surface area contributed by atoms with E-state index in [1.54, 1.807) is 48.5 Å². The zero-order chi connectivity index (χ0) is 15.0. The molecule has 1 aliphatic heterocycles. The largest absolute Gasteiger partial charge is 0.493 e. The molecule has 0 aliphatic carbocycles. The van der Waals surface area contributed by atoms with Crippen LogP contribution in [0, 0.1) is 0 Å².